The van der Waals surface area contributed by atoms with Crippen molar-refractivity contribution >= 4 is 22.1 Å². The molecule has 5 aromatic rings. The quantitative estimate of drug-likeness (QED) is 0.505. The first kappa shape index (κ1) is 16.6. The predicted molar refractivity (Wildman–Crippen MR) is 110 cm³/mol. The molecule has 0 aliphatic rings. The van der Waals surface area contributed by atoms with Crippen molar-refractivity contribution in [1.29, 1.82) is 0 Å². The summed E-state index contributed by atoms with van der Waals surface area (Å²) in [5.41, 5.74) is 6.60. The van der Waals surface area contributed by atoms with Gasteiger partial charge in [0.1, 0.15) is 5.69 Å². The molecular weight excluding hydrogens is 350 g/mol. The van der Waals surface area contributed by atoms with Gasteiger partial charge in [-0.05, 0) is 43.9 Å². The Morgan fingerprint density at radius 1 is 1.00 bits per heavy atom. The largest absolute Gasteiger partial charge is 0.337 e. The normalized spacial score (nSPS) is 11.7. The second-order valence-corrected chi connectivity index (χ2v) is 7.12. The van der Waals surface area contributed by atoms with E-state index < -0.39 is 0 Å². The maximum absolute atomic E-state index is 4.68. The van der Waals surface area contributed by atoms with Crippen LogP contribution in [0.2, 0.25) is 0 Å². The summed E-state index contributed by atoms with van der Waals surface area (Å²) in [7, 11) is 4.09. The average Bonchev–Trinajstić information content (AvgIpc) is 3.30. The Bertz CT molecular complexity index is 1250. The van der Waals surface area contributed by atoms with Gasteiger partial charge in [0.2, 0.25) is 0 Å². The third-order valence-electron chi connectivity index (χ3n) is 4.66. The Morgan fingerprint density at radius 3 is 2.71 bits per heavy atom. The number of benzene rings is 1. The standard InChI is InChI=1S/C21H19N7/c1-28(2)12-13-7-14(10-22-9-13)15-8-16-19(26-27-20(16)23-11-15)21-24-17-5-3-4-6-18(17)25-21/h3-11H,12H2,1-2H3,(H,24,25)(H,23,26,27). The first-order valence-electron chi connectivity index (χ1n) is 9.05. The lowest BCUT2D eigenvalue weighted by Crippen LogP contribution is -2.10. The molecule has 28 heavy (non-hydrogen) atoms. The summed E-state index contributed by atoms with van der Waals surface area (Å²) in [5, 5.41) is 8.34. The number of imidazole rings is 1. The first-order valence-corrected chi connectivity index (χ1v) is 9.05. The van der Waals surface area contributed by atoms with E-state index in [4.69, 9.17) is 0 Å². The van der Waals surface area contributed by atoms with Gasteiger partial charge >= 0.3 is 0 Å². The Hall–Kier alpha value is -3.58. The molecule has 7 nitrogen and oxygen atoms in total. The molecule has 0 atom stereocenters. The molecule has 0 fully saturated rings. The van der Waals surface area contributed by atoms with E-state index in [1.165, 1.54) is 0 Å². The number of aromatic nitrogens is 6. The van der Waals surface area contributed by atoms with E-state index in [1.807, 2.05) is 57.0 Å². The van der Waals surface area contributed by atoms with Gasteiger partial charge in [0, 0.05) is 36.3 Å². The molecule has 0 aliphatic heterocycles. The summed E-state index contributed by atoms with van der Waals surface area (Å²) >= 11 is 0. The van der Waals surface area contributed by atoms with Crippen LogP contribution in [0.3, 0.4) is 0 Å². The van der Waals surface area contributed by atoms with Gasteiger partial charge in [0.25, 0.3) is 0 Å². The van der Waals surface area contributed by atoms with Crippen LogP contribution < -0.4 is 0 Å². The molecule has 2 N–H and O–H groups in total. The molecule has 0 radical (unpaired) electrons. The van der Waals surface area contributed by atoms with Gasteiger partial charge in [-0.15, -0.1) is 0 Å². The van der Waals surface area contributed by atoms with Crippen LogP contribution in [0.25, 0.3) is 44.7 Å². The fourth-order valence-electron chi connectivity index (χ4n) is 3.41. The lowest BCUT2D eigenvalue weighted by Gasteiger charge is -2.10. The highest BCUT2D eigenvalue weighted by Crippen LogP contribution is 2.29. The summed E-state index contributed by atoms with van der Waals surface area (Å²) in [5.74, 6) is 0.752. The van der Waals surface area contributed by atoms with Gasteiger partial charge in [-0.1, -0.05) is 12.1 Å². The minimum absolute atomic E-state index is 0.664. The summed E-state index contributed by atoms with van der Waals surface area (Å²) in [6.45, 7) is 0.840. The summed E-state index contributed by atoms with van der Waals surface area (Å²) in [4.78, 5) is 19.1. The monoisotopic (exact) mass is 369 g/mol. The molecule has 0 saturated heterocycles. The van der Waals surface area contributed by atoms with Crippen LogP contribution in [0.1, 0.15) is 5.56 Å². The van der Waals surface area contributed by atoms with Gasteiger partial charge in [0.15, 0.2) is 11.5 Å². The molecule has 5 rings (SSSR count). The van der Waals surface area contributed by atoms with Crippen LogP contribution in [-0.2, 0) is 6.54 Å². The van der Waals surface area contributed by atoms with Crippen molar-refractivity contribution in [3.05, 3.63) is 60.6 Å². The van der Waals surface area contributed by atoms with E-state index >= 15 is 0 Å². The van der Waals surface area contributed by atoms with E-state index in [-0.39, 0.29) is 0 Å². The van der Waals surface area contributed by atoms with Crippen molar-refractivity contribution in [2.75, 3.05) is 14.1 Å². The smallest absolute Gasteiger partial charge is 0.181 e. The second-order valence-electron chi connectivity index (χ2n) is 7.12. The fourth-order valence-corrected chi connectivity index (χ4v) is 3.41. The Labute approximate surface area is 161 Å². The lowest BCUT2D eigenvalue weighted by molar-refractivity contribution is 0.402. The summed E-state index contributed by atoms with van der Waals surface area (Å²) in [6.07, 6.45) is 5.60. The number of aromatic amines is 2. The molecule has 4 heterocycles. The van der Waals surface area contributed by atoms with Gasteiger partial charge < -0.3 is 9.88 Å². The summed E-state index contributed by atoms with van der Waals surface area (Å²) < 4.78 is 0. The third-order valence-corrected chi connectivity index (χ3v) is 4.66. The Morgan fingerprint density at radius 2 is 1.86 bits per heavy atom. The van der Waals surface area contributed by atoms with Crippen molar-refractivity contribution in [3.63, 3.8) is 0 Å². The molecule has 0 aliphatic carbocycles. The third kappa shape index (κ3) is 2.91. The maximum Gasteiger partial charge on any atom is 0.181 e. The van der Waals surface area contributed by atoms with E-state index in [1.54, 1.807) is 0 Å². The number of para-hydroxylation sites is 2. The number of rotatable bonds is 4. The predicted octanol–water partition coefficient (Wildman–Crippen LogP) is 3.62. The average molecular weight is 369 g/mol. The zero-order valence-electron chi connectivity index (χ0n) is 15.6. The molecule has 0 saturated carbocycles. The maximum atomic E-state index is 4.68. The molecule has 1 aromatic carbocycles. The molecule has 0 unspecified atom stereocenters. The van der Waals surface area contributed by atoms with Crippen LogP contribution in [0, 0.1) is 0 Å². The van der Waals surface area contributed by atoms with Crippen molar-refractivity contribution in [1.82, 2.24) is 35.0 Å². The van der Waals surface area contributed by atoms with Gasteiger partial charge in [-0.25, -0.2) is 9.97 Å². The number of hydrogen-bond donors (Lipinski definition) is 2. The van der Waals surface area contributed by atoms with Crippen molar-refractivity contribution in [2.24, 2.45) is 0 Å². The minimum Gasteiger partial charge on any atom is -0.337 e. The fraction of sp³-hybridized carbons (Fsp3) is 0.143. The Kier molecular flexibility index (Phi) is 3.87. The van der Waals surface area contributed by atoms with Crippen LogP contribution in [0.4, 0.5) is 0 Å². The number of fused-ring (bicyclic) bond motifs is 2. The van der Waals surface area contributed by atoms with E-state index in [0.717, 1.165) is 51.2 Å². The molecule has 0 bridgehead atoms. The lowest BCUT2D eigenvalue weighted by atomic mass is 10.1. The molecule has 138 valence electrons. The number of hydrogen-bond acceptors (Lipinski definition) is 5. The van der Waals surface area contributed by atoms with Gasteiger partial charge in [-0.2, -0.15) is 5.10 Å². The number of H-pyrrole nitrogens is 2. The highest BCUT2D eigenvalue weighted by molar-refractivity contribution is 5.93. The summed E-state index contributed by atoms with van der Waals surface area (Å²) in [6, 6.07) is 12.2. The van der Waals surface area contributed by atoms with Crippen LogP contribution >= 0.6 is 0 Å². The zero-order valence-corrected chi connectivity index (χ0v) is 15.6. The first-order chi connectivity index (χ1) is 13.7. The van der Waals surface area contributed by atoms with Gasteiger partial charge in [-0.3, -0.25) is 10.1 Å². The second kappa shape index (κ2) is 6.54. The molecular formula is C21H19N7. The van der Waals surface area contributed by atoms with E-state index in [0.29, 0.717) is 5.65 Å². The highest BCUT2D eigenvalue weighted by atomic mass is 15.2. The van der Waals surface area contributed by atoms with E-state index in [9.17, 15) is 0 Å². The van der Waals surface area contributed by atoms with Crippen LogP contribution in [-0.4, -0.2) is 49.1 Å². The SMILES string of the molecule is CN(C)Cc1cncc(-c2cnc3n[nH]c(-c4nc5ccccc5[nH]4)c3c2)c1. The van der Waals surface area contributed by atoms with Crippen molar-refractivity contribution in [2.45, 2.75) is 6.54 Å². The van der Waals surface area contributed by atoms with Crippen LogP contribution in [0.5, 0.6) is 0 Å². The van der Waals surface area contributed by atoms with Crippen molar-refractivity contribution in [3.8, 4) is 22.6 Å². The molecule has 0 amide bonds. The number of nitrogens with one attached hydrogen (secondary N) is 2. The Balaban J connectivity index is 1.60. The minimum atomic E-state index is 0.664. The molecule has 0 spiro atoms. The highest BCUT2D eigenvalue weighted by Gasteiger charge is 2.14. The topological polar surface area (TPSA) is 86.4 Å². The van der Waals surface area contributed by atoms with Gasteiger partial charge in [0.05, 0.1) is 16.4 Å². The molecule has 4 aromatic heterocycles. The van der Waals surface area contributed by atoms with Crippen LogP contribution in [0.15, 0.2) is 55.0 Å². The molecule has 7 heteroatoms. The zero-order chi connectivity index (χ0) is 19.1. The number of nitrogens with zero attached hydrogens (tertiary/aromatic N) is 5. The van der Waals surface area contributed by atoms with E-state index in [2.05, 4.69) is 47.2 Å². The van der Waals surface area contributed by atoms with Crippen molar-refractivity contribution < 1.29 is 0 Å². The number of pyridine rings is 2.